The maximum atomic E-state index is 13.1. The average Bonchev–Trinajstić information content (AvgIpc) is 2.86. The summed E-state index contributed by atoms with van der Waals surface area (Å²) < 4.78 is 0. The van der Waals surface area contributed by atoms with Gasteiger partial charge in [0.25, 0.3) is 5.91 Å². The molecule has 1 saturated carbocycles. The van der Waals surface area contributed by atoms with E-state index in [0.717, 1.165) is 37.3 Å². The topological polar surface area (TPSA) is 81.8 Å². The lowest BCUT2D eigenvalue weighted by Gasteiger charge is -2.42. The molecule has 1 aliphatic carbocycles. The molecule has 7 heteroatoms. The zero-order valence-corrected chi connectivity index (χ0v) is 17.1. The quantitative estimate of drug-likeness (QED) is 0.730. The number of nitrogens with one attached hydrogen (secondary N) is 2. The highest BCUT2D eigenvalue weighted by Crippen LogP contribution is 2.45. The number of rotatable bonds is 4. The van der Waals surface area contributed by atoms with E-state index in [-0.39, 0.29) is 29.8 Å². The molecule has 0 unspecified atom stereocenters. The van der Waals surface area contributed by atoms with Crippen molar-refractivity contribution in [2.45, 2.75) is 71.4 Å². The van der Waals surface area contributed by atoms with Crippen LogP contribution < -0.4 is 10.6 Å². The molecule has 3 fully saturated rings. The molecule has 0 aromatic rings. The SMILES string of the molecule is CCC(C)(C)C1CCC2(CC1)NC(=O)N(CC(=O)N1CCNC[C@@H]1C)C2=O. The van der Waals surface area contributed by atoms with Crippen LogP contribution in [0.15, 0.2) is 0 Å². The minimum absolute atomic E-state index is 0.0766. The summed E-state index contributed by atoms with van der Waals surface area (Å²) in [5.41, 5.74) is -0.548. The molecule has 2 aliphatic heterocycles. The second-order valence-corrected chi connectivity index (χ2v) is 9.16. The van der Waals surface area contributed by atoms with Crippen molar-refractivity contribution in [3.05, 3.63) is 0 Å². The molecule has 1 spiro atoms. The first-order valence-electron chi connectivity index (χ1n) is 10.3. The Hall–Kier alpha value is -1.63. The number of imide groups is 1. The van der Waals surface area contributed by atoms with Crippen LogP contribution in [0.2, 0.25) is 0 Å². The number of carbonyl (C=O) groups is 3. The van der Waals surface area contributed by atoms with Gasteiger partial charge in [0.2, 0.25) is 5.91 Å². The summed E-state index contributed by atoms with van der Waals surface area (Å²) in [7, 11) is 0. The summed E-state index contributed by atoms with van der Waals surface area (Å²) in [6.07, 6.45) is 4.31. The van der Waals surface area contributed by atoms with E-state index in [9.17, 15) is 14.4 Å². The van der Waals surface area contributed by atoms with Gasteiger partial charge in [-0.2, -0.15) is 0 Å². The predicted octanol–water partition coefficient (Wildman–Crippen LogP) is 1.72. The van der Waals surface area contributed by atoms with Crippen molar-refractivity contribution in [2.24, 2.45) is 11.3 Å². The summed E-state index contributed by atoms with van der Waals surface area (Å²) >= 11 is 0. The molecule has 3 aliphatic rings. The van der Waals surface area contributed by atoms with Gasteiger partial charge in [-0.3, -0.25) is 14.5 Å². The molecule has 3 rings (SSSR count). The van der Waals surface area contributed by atoms with E-state index in [0.29, 0.717) is 25.3 Å². The Morgan fingerprint density at radius 1 is 1.26 bits per heavy atom. The second kappa shape index (κ2) is 7.41. The average molecular weight is 379 g/mol. The highest BCUT2D eigenvalue weighted by Gasteiger charge is 2.54. The zero-order chi connectivity index (χ0) is 19.8. The monoisotopic (exact) mass is 378 g/mol. The van der Waals surface area contributed by atoms with Crippen molar-refractivity contribution in [1.82, 2.24) is 20.4 Å². The smallest absolute Gasteiger partial charge is 0.325 e. The number of piperazine rings is 1. The summed E-state index contributed by atoms with van der Waals surface area (Å²) in [5, 5.41) is 6.18. The van der Waals surface area contributed by atoms with Gasteiger partial charge in [0.05, 0.1) is 0 Å². The molecule has 7 nitrogen and oxygen atoms in total. The molecule has 0 radical (unpaired) electrons. The van der Waals surface area contributed by atoms with Gasteiger partial charge in [0.15, 0.2) is 0 Å². The Bertz CT molecular complexity index is 610. The van der Waals surface area contributed by atoms with Gasteiger partial charge < -0.3 is 15.5 Å². The van der Waals surface area contributed by atoms with E-state index in [1.807, 2.05) is 6.92 Å². The van der Waals surface area contributed by atoms with Gasteiger partial charge in [0, 0.05) is 25.7 Å². The fraction of sp³-hybridized carbons (Fsp3) is 0.850. The van der Waals surface area contributed by atoms with Crippen LogP contribution >= 0.6 is 0 Å². The van der Waals surface area contributed by atoms with E-state index in [2.05, 4.69) is 31.4 Å². The van der Waals surface area contributed by atoms with Crippen LogP contribution in [-0.4, -0.2) is 65.4 Å². The normalized spacial score (nSPS) is 32.1. The Labute approximate surface area is 162 Å². The largest absolute Gasteiger partial charge is 0.336 e. The maximum absolute atomic E-state index is 13.1. The number of hydrogen-bond donors (Lipinski definition) is 2. The van der Waals surface area contributed by atoms with E-state index in [1.54, 1.807) is 4.90 Å². The molecule has 0 aromatic heterocycles. The summed E-state index contributed by atoms with van der Waals surface area (Å²) in [6, 6.07) is -0.336. The first-order chi connectivity index (χ1) is 12.7. The van der Waals surface area contributed by atoms with E-state index in [1.165, 1.54) is 0 Å². The summed E-state index contributed by atoms with van der Waals surface area (Å²) in [4.78, 5) is 41.2. The Morgan fingerprint density at radius 2 is 1.93 bits per heavy atom. The van der Waals surface area contributed by atoms with Crippen LogP contribution in [0.5, 0.6) is 0 Å². The number of carbonyl (C=O) groups excluding carboxylic acids is 3. The van der Waals surface area contributed by atoms with Crippen LogP contribution in [0.1, 0.15) is 59.8 Å². The van der Waals surface area contributed by atoms with Crippen LogP contribution in [0.4, 0.5) is 4.79 Å². The van der Waals surface area contributed by atoms with Crippen LogP contribution in [0.3, 0.4) is 0 Å². The lowest BCUT2D eigenvalue weighted by Crippen LogP contribution is -2.55. The molecule has 2 heterocycles. The number of hydrogen-bond acceptors (Lipinski definition) is 4. The zero-order valence-electron chi connectivity index (χ0n) is 17.1. The van der Waals surface area contributed by atoms with E-state index in [4.69, 9.17) is 0 Å². The van der Waals surface area contributed by atoms with Gasteiger partial charge in [-0.1, -0.05) is 27.2 Å². The lowest BCUT2D eigenvalue weighted by molar-refractivity contribution is -0.141. The van der Waals surface area contributed by atoms with Crippen molar-refractivity contribution in [1.29, 1.82) is 0 Å². The third kappa shape index (κ3) is 3.71. The molecule has 1 atom stereocenters. The lowest BCUT2D eigenvalue weighted by atomic mass is 9.65. The molecule has 0 aromatic carbocycles. The maximum Gasteiger partial charge on any atom is 0.325 e. The Kier molecular flexibility index (Phi) is 5.52. The fourth-order valence-electron chi connectivity index (χ4n) is 4.78. The van der Waals surface area contributed by atoms with Gasteiger partial charge in [0.1, 0.15) is 12.1 Å². The van der Waals surface area contributed by atoms with Crippen LogP contribution in [-0.2, 0) is 9.59 Å². The fourth-order valence-corrected chi connectivity index (χ4v) is 4.78. The van der Waals surface area contributed by atoms with Crippen LogP contribution in [0, 0.1) is 11.3 Å². The number of urea groups is 1. The third-order valence-corrected chi connectivity index (χ3v) is 7.22. The molecule has 2 saturated heterocycles. The second-order valence-electron chi connectivity index (χ2n) is 9.16. The number of amides is 4. The molecular formula is C20H34N4O3. The minimum atomic E-state index is -0.799. The first kappa shape index (κ1) is 20.1. The first-order valence-corrected chi connectivity index (χ1v) is 10.3. The van der Waals surface area contributed by atoms with Crippen molar-refractivity contribution in [2.75, 3.05) is 26.2 Å². The van der Waals surface area contributed by atoms with Gasteiger partial charge >= 0.3 is 6.03 Å². The van der Waals surface area contributed by atoms with Crippen molar-refractivity contribution < 1.29 is 14.4 Å². The predicted molar refractivity (Wildman–Crippen MR) is 103 cm³/mol. The van der Waals surface area contributed by atoms with Gasteiger partial charge in [-0.25, -0.2) is 4.79 Å². The van der Waals surface area contributed by atoms with Crippen molar-refractivity contribution >= 4 is 17.8 Å². The summed E-state index contributed by atoms with van der Waals surface area (Å²) in [6.45, 7) is 10.7. The summed E-state index contributed by atoms with van der Waals surface area (Å²) in [5.74, 6) is 0.206. The molecule has 152 valence electrons. The Morgan fingerprint density at radius 3 is 2.52 bits per heavy atom. The minimum Gasteiger partial charge on any atom is -0.336 e. The highest BCUT2D eigenvalue weighted by molar-refractivity contribution is 6.09. The van der Waals surface area contributed by atoms with Crippen molar-refractivity contribution in [3.8, 4) is 0 Å². The molecule has 0 bridgehead atoms. The standard InChI is InChI=1S/C20H34N4O3/c1-5-19(3,4)15-6-8-20(9-7-15)17(26)24(18(27)22-20)13-16(25)23-11-10-21-12-14(23)2/h14-15,21H,5-13H2,1-4H3,(H,22,27)/t14-,15?,20?/m0/s1. The molecule has 27 heavy (non-hydrogen) atoms. The van der Waals surface area contributed by atoms with E-state index < -0.39 is 11.6 Å². The highest BCUT2D eigenvalue weighted by atomic mass is 16.2. The van der Waals surface area contributed by atoms with Gasteiger partial charge in [-0.15, -0.1) is 0 Å². The molecule has 2 N–H and O–H groups in total. The van der Waals surface area contributed by atoms with Crippen LogP contribution in [0.25, 0.3) is 0 Å². The molecule has 4 amide bonds. The van der Waals surface area contributed by atoms with Crippen molar-refractivity contribution in [3.63, 3.8) is 0 Å². The van der Waals surface area contributed by atoms with Gasteiger partial charge in [-0.05, 0) is 43.9 Å². The third-order valence-electron chi connectivity index (χ3n) is 7.22. The number of nitrogens with zero attached hydrogens (tertiary/aromatic N) is 2. The Balaban J connectivity index is 1.64. The van der Waals surface area contributed by atoms with E-state index >= 15 is 0 Å². The molecular weight excluding hydrogens is 344 g/mol.